The van der Waals surface area contributed by atoms with Crippen molar-refractivity contribution in [3.05, 3.63) is 76.5 Å². The molecule has 1 heterocycles. The highest BCUT2D eigenvalue weighted by atomic mass is 19.1. The Labute approximate surface area is 142 Å². The maximum absolute atomic E-state index is 12.9. The largest absolute Gasteiger partial charge is 0.368 e. The number of halogens is 1. The van der Waals surface area contributed by atoms with Crippen molar-refractivity contribution in [2.24, 2.45) is 0 Å². The van der Waals surface area contributed by atoms with Crippen LogP contribution < -0.4 is 11.0 Å². The number of amides is 1. The Balaban J connectivity index is 1.68. The minimum absolute atomic E-state index is 0.253. The Bertz CT molecular complexity index is 918. The summed E-state index contributed by atoms with van der Waals surface area (Å²) in [5, 5.41) is 10.3. The third kappa shape index (κ3) is 3.79. The summed E-state index contributed by atoms with van der Waals surface area (Å²) in [5.74, 6) is -0.731. The van der Waals surface area contributed by atoms with Gasteiger partial charge in [-0.1, -0.05) is 30.3 Å². The quantitative estimate of drug-likeness (QED) is 0.761. The molecule has 0 saturated heterocycles. The first-order valence-electron chi connectivity index (χ1n) is 7.67. The fraction of sp³-hybridized carbons (Fsp3) is 0.176. The SMILES string of the molecule is CC(NC(=O)Cn1nnn(-c2ccccc2)c1=O)c1ccc(F)cc1. The average molecular weight is 341 g/mol. The lowest BCUT2D eigenvalue weighted by molar-refractivity contribution is -0.122. The zero-order chi connectivity index (χ0) is 17.8. The molecule has 3 aromatic rings. The number of carbonyl (C=O) groups excluding carboxylic acids is 1. The van der Waals surface area contributed by atoms with Crippen molar-refractivity contribution in [2.75, 3.05) is 0 Å². The zero-order valence-electron chi connectivity index (χ0n) is 13.5. The summed E-state index contributed by atoms with van der Waals surface area (Å²) >= 11 is 0. The summed E-state index contributed by atoms with van der Waals surface area (Å²) in [6, 6.07) is 14.3. The van der Waals surface area contributed by atoms with E-state index in [9.17, 15) is 14.0 Å². The number of carbonyl (C=O) groups is 1. The number of tetrazole rings is 1. The van der Waals surface area contributed by atoms with Crippen LogP contribution in [-0.2, 0) is 11.3 Å². The molecule has 3 rings (SSSR count). The van der Waals surface area contributed by atoms with Crippen LogP contribution in [0.3, 0.4) is 0 Å². The molecule has 1 N–H and O–H groups in total. The lowest BCUT2D eigenvalue weighted by Gasteiger charge is -2.13. The van der Waals surface area contributed by atoms with E-state index in [2.05, 4.69) is 15.7 Å². The minimum Gasteiger partial charge on any atom is -0.348 e. The van der Waals surface area contributed by atoms with Crippen LogP contribution in [0.1, 0.15) is 18.5 Å². The molecule has 0 spiro atoms. The van der Waals surface area contributed by atoms with E-state index >= 15 is 0 Å². The number of hydrogen-bond donors (Lipinski definition) is 1. The van der Waals surface area contributed by atoms with Crippen molar-refractivity contribution in [3.8, 4) is 5.69 Å². The van der Waals surface area contributed by atoms with Crippen molar-refractivity contribution in [1.29, 1.82) is 0 Å². The van der Waals surface area contributed by atoms with Gasteiger partial charge in [-0.25, -0.2) is 9.18 Å². The molecule has 0 radical (unpaired) electrons. The molecule has 0 aliphatic carbocycles. The van der Waals surface area contributed by atoms with Crippen molar-refractivity contribution >= 4 is 5.91 Å². The highest BCUT2D eigenvalue weighted by Gasteiger charge is 2.14. The normalized spacial score (nSPS) is 11.9. The molecule has 1 atom stereocenters. The van der Waals surface area contributed by atoms with Crippen molar-refractivity contribution in [3.63, 3.8) is 0 Å². The summed E-state index contributed by atoms with van der Waals surface area (Å²) in [5.41, 5.74) is 0.824. The van der Waals surface area contributed by atoms with Gasteiger partial charge in [0.1, 0.15) is 12.4 Å². The molecule has 0 bridgehead atoms. The van der Waals surface area contributed by atoms with Crippen LogP contribution in [0.2, 0.25) is 0 Å². The number of hydrogen-bond acceptors (Lipinski definition) is 4. The maximum Gasteiger partial charge on any atom is 0.368 e. The van der Waals surface area contributed by atoms with Gasteiger partial charge in [-0.05, 0) is 47.2 Å². The Kier molecular flexibility index (Phi) is 4.69. The lowest BCUT2D eigenvalue weighted by atomic mass is 10.1. The molecule has 25 heavy (non-hydrogen) atoms. The highest BCUT2D eigenvalue weighted by molar-refractivity contribution is 5.76. The first-order chi connectivity index (χ1) is 12.0. The second kappa shape index (κ2) is 7.08. The molecule has 0 aliphatic heterocycles. The Morgan fingerprint density at radius 2 is 1.80 bits per heavy atom. The van der Waals surface area contributed by atoms with Gasteiger partial charge >= 0.3 is 5.69 Å². The standard InChI is InChI=1S/C17H16FN5O2/c1-12(13-7-9-14(18)10-8-13)19-16(24)11-22-17(25)23(21-20-22)15-5-3-2-4-6-15/h2-10,12H,11H2,1H3,(H,19,24). The van der Waals surface area contributed by atoms with E-state index in [1.165, 1.54) is 12.1 Å². The summed E-state index contributed by atoms with van der Waals surface area (Å²) in [7, 11) is 0. The number of para-hydroxylation sites is 1. The van der Waals surface area contributed by atoms with Gasteiger partial charge in [-0.2, -0.15) is 9.36 Å². The zero-order valence-corrected chi connectivity index (χ0v) is 13.5. The first-order valence-corrected chi connectivity index (χ1v) is 7.67. The van der Waals surface area contributed by atoms with Gasteiger partial charge < -0.3 is 5.32 Å². The van der Waals surface area contributed by atoms with Gasteiger partial charge in [0.15, 0.2) is 0 Å². The lowest BCUT2D eigenvalue weighted by Crippen LogP contribution is -2.34. The molecule has 1 unspecified atom stereocenters. The van der Waals surface area contributed by atoms with Gasteiger partial charge in [-0.3, -0.25) is 4.79 Å². The highest BCUT2D eigenvalue weighted by Crippen LogP contribution is 2.12. The van der Waals surface area contributed by atoms with Gasteiger partial charge in [0.25, 0.3) is 0 Å². The Hall–Kier alpha value is -3.29. The maximum atomic E-state index is 12.9. The van der Waals surface area contributed by atoms with Crippen molar-refractivity contribution in [1.82, 2.24) is 25.1 Å². The molecule has 2 aromatic carbocycles. The van der Waals surface area contributed by atoms with Crippen molar-refractivity contribution < 1.29 is 9.18 Å². The average Bonchev–Trinajstić information content (AvgIpc) is 2.96. The minimum atomic E-state index is -0.504. The topological polar surface area (TPSA) is 81.8 Å². The Morgan fingerprint density at radius 3 is 2.48 bits per heavy atom. The third-order valence-electron chi connectivity index (χ3n) is 3.68. The Morgan fingerprint density at radius 1 is 1.12 bits per heavy atom. The third-order valence-corrected chi connectivity index (χ3v) is 3.68. The molecule has 0 aliphatic rings. The van der Waals surface area contributed by atoms with Gasteiger partial charge in [0, 0.05) is 0 Å². The monoisotopic (exact) mass is 341 g/mol. The number of nitrogens with zero attached hydrogens (tertiary/aromatic N) is 4. The van der Waals surface area contributed by atoms with E-state index in [0.29, 0.717) is 5.69 Å². The van der Waals surface area contributed by atoms with Crippen LogP contribution >= 0.6 is 0 Å². The smallest absolute Gasteiger partial charge is 0.348 e. The van der Waals surface area contributed by atoms with Crippen LogP contribution in [0.25, 0.3) is 5.69 Å². The van der Waals surface area contributed by atoms with Crippen LogP contribution in [0, 0.1) is 5.82 Å². The van der Waals surface area contributed by atoms with E-state index in [-0.39, 0.29) is 24.3 Å². The van der Waals surface area contributed by atoms with E-state index in [0.717, 1.165) is 14.9 Å². The molecule has 128 valence electrons. The molecule has 0 saturated carbocycles. The van der Waals surface area contributed by atoms with Gasteiger partial charge in [-0.15, -0.1) is 0 Å². The van der Waals surface area contributed by atoms with E-state index < -0.39 is 5.69 Å². The van der Waals surface area contributed by atoms with E-state index in [1.54, 1.807) is 43.3 Å². The van der Waals surface area contributed by atoms with Crippen LogP contribution in [0.4, 0.5) is 4.39 Å². The van der Waals surface area contributed by atoms with Crippen LogP contribution in [0.5, 0.6) is 0 Å². The molecule has 1 aromatic heterocycles. The predicted molar refractivity (Wildman–Crippen MR) is 88.6 cm³/mol. The fourth-order valence-corrected chi connectivity index (χ4v) is 2.36. The number of rotatable bonds is 5. The summed E-state index contributed by atoms with van der Waals surface area (Å²) in [4.78, 5) is 24.4. The number of aromatic nitrogens is 4. The number of benzene rings is 2. The van der Waals surface area contributed by atoms with Crippen LogP contribution in [-0.4, -0.2) is 25.7 Å². The number of nitrogens with one attached hydrogen (secondary N) is 1. The van der Waals surface area contributed by atoms with Crippen LogP contribution in [0.15, 0.2) is 59.4 Å². The van der Waals surface area contributed by atoms with Gasteiger partial charge in [0.2, 0.25) is 5.91 Å². The summed E-state index contributed by atoms with van der Waals surface area (Å²) < 4.78 is 15.1. The van der Waals surface area contributed by atoms with Crippen molar-refractivity contribution in [2.45, 2.75) is 19.5 Å². The molecular weight excluding hydrogens is 325 g/mol. The summed E-state index contributed by atoms with van der Waals surface area (Å²) in [6.45, 7) is 1.52. The predicted octanol–water partition coefficient (Wildman–Crippen LogP) is 1.45. The first kappa shape index (κ1) is 16.6. The molecule has 0 fully saturated rings. The molecule has 7 nitrogen and oxygen atoms in total. The fourth-order valence-electron chi connectivity index (χ4n) is 2.36. The van der Waals surface area contributed by atoms with Gasteiger partial charge in [0.05, 0.1) is 11.7 Å². The van der Waals surface area contributed by atoms with E-state index in [4.69, 9.17) is 0 Å². The molecular formula is C17H16FN5O2. The van der Waals surface area contributed by atoms with E-state index in [1.807, 2.05) is 6.07 Å². The second-order valence-electron chi connectivity index (χ2n) is 5.51. The summed E-state index contributed by atoms with van der Waals surface area (Å²) in [6.07, 6.45) is 0. The second-order valence-corrected chi connectivity index (χ2v) is 5.51. The molecule has 8 heteroatoms. The molecule has 1 amide bonds.